The summed E-state index contributed by atoms with van der Waals surface area (Å²) < 4.78 is 67.6. The minimum atomic E-state index is -4.97. The Balaban J connectivity index is 2.08. The van der Waals surface area contributed by atoms with Crippen molar-refractivity contribution in [3.63, 3.8) is 0 Å². The average Bonchev–Trinajstić information content (AvgIpc) is 2.75. The second-order valence-electron chi connectivity index (χ2n) is 8.24. The summed E-state index contributed by atoms with van der Waals surface area (Å²) in [7, 11) is 2.71. The van der Waals surface area contributed by atoms with E-state index in [2.05, 4.69) is 0 Å². The number of ether oxygens (including phenoxy) is 4. The van der Waals surface area contributed by atoms with Gasteiger partial charge in [-0.05, 0) is 50.6 Å². The van der Waals surface area contributed by atoms with Gasteiger partial charge in [0, 0.05) is 6.07 Å². The van der Waals surface area contributed by atoms with Gasteiger partial charge in [-0.15, -0.1) is 0 Å². The second-order valence-corrected chi connectivity index (χ2v) is 8.24. The number of carbonyl (C=O) groups is 1. The molecule has 7 nitrogen and oxygen atoms in total. The quantitative estimate of drug-likeness (QED) is 0.448. The van der Waals surface area contributed by atoms with Crippen LogP contribution in [0.15, 0.2) is 45.6 Å². The number of hydrogen-bond donors (Lipinski definition) is 0. The number of alkyl halides is 3. The van der Waals surface area contributed by atoms with Crippen molar-refractivity contribution in [2.24, 2.45) is 0 Å². The van der Waals surface area contributed by atoms with Gasteiger partial charge in [-0.25, -0.2) is 4.79 Å². The fourth-order valence-electron chi connectivity index (χ4n) is 3.23. The van der Waals surface area contributed by atoms with Crippen LogP contribution in [0, 0.1) is 0 Å². The van der Waals surface area contributed by atoms with E-state index in [1.54, 1.807) is 20.8 Å². The Kier molecular flexibility index (Phi) is 6.81. The molecule has 0 unspecified atom stereocenters. The normalized spacial score (nSPS) is 11.9. The molecule has 0 bridgehead atoms. The van der Waals surface area contributed by atoms with Gasteiger partial charge in [-0.3, -0.25) is 4.79 Å². The van der Waals surface area contributed by atoms with Gasteiger partial charge in [0.25, 0.3) is 0 Å². The highest BCUT2D eigenvalue weighted by atomic mass is 19.4. The van der Waals surface area contributed by atoms with Gasteiger partial charge in [0.05, 0.1) is 25.2 Å². The lowest BCUT2D eigenvalue weighted by Crippen LogP contribution is -2.27. The molecule has 3 rings (SSSR count). The lowest BCUT2D eigenvalue weighted by atomic mass is 10.0. The van der Waals surface area contributed by atoms with Crippen molar-refractivity contribution in [1.82, 2.24) is 0 Å². The first-order valence-corrected chi connectivity index (χ1v) is 10.1. The fraction of sp³-hybridized carbons (Fsp3) is 0.333. The largest absolute Gasteiger partial charge is 0.493 e. The van der Waals surface area contributed by atoms with Crippen LogP contribution in [0.5, 0.6) is 17.2 Å². The molecule has 3 aromatic rings. The molecule has 0 saturated carbocycles. The molecule has 0 atom stereocenters. The smallest absolute Gasteiger partial charge is 0.450 e. The molecule has 0 aliphatic heterocycles. The van der Waals surface area contributed by atoms with Crippen LogP contribution >= 0.6 is 0 Å². The maximum absolute atomic E-state index is 13.9. The van der Waals surface area contributed by atoms with Crippen LogP contribution in [0.25, 0.3) is 22.1 Å². The van der Waals surface area contributed by atoms with Crippen LogP contribution in [0.3, 0.4) is 0 Å². The minimum absolute atomic E-state index is 0.0356. The van der Waals surface area contributed by atoms with Crippen LogP contribution in [-0.2, 0) is 15.7 Å². The van der Waals surface area contributed by atoms with Crippen molar-refractivity contribution in [3.05, 3.63) is 52.4 Å². The van der Waals surface area contributed by atoms with Crippen molar-refractivity contribution in [2.45, 2.75) is 32.5 Å². The van der Waals surface area contributed by atoms with E-state index >= 15 is 0 Å². The molecule has 0 aliphatic rings. The fourth-order valence-corrected chi connectivity index (χ4v) is 3.23. The van der Waals surface area contributed by atoms with Crippen LogP contribution < -0.4 is 19.6 Å². The molecular weight excluding hydrogens is 457 g/mol. The summed E-state index contributed by atoms with van der Waals surface area (Å²) in [5.41, 5.74) is -2.67. The summed E-state index contributed by atoms with van der Waals surface area (Å²) in [5.74, 6) is -1.65. The zero-order chi connectivity index (χ0) is 25.3. The first kappa shape index (κ1) is 24.9. The van der Waals surface area contributed by atoms with Gasteiger partial charge in [0.15, 0.2) is 18.1 Å². The zero-order valence-corrected chi connectivity index (χ0v) is 19.2. The lowest BCUT2D eigenvalue weighted by Gasteiger charge is -2.19. The van der Waals surface area contributed by atoms with Gasteiger partial charge in [-0.1, -0.05) is 6.07 Å². The molecule has 0 spiro atoms. The molecule has 0 radical (unpaired) electrons. The molecule has 0 aliphatic carbocycles. The summed E-state index contributed by atoms with van der Waals surface area (Å²) in [6.45, 7) is 4.58. The van der Waals surface area contributed by atoms with Gasteiger partial charge < -0.3 is 23.4 Å². The molecule has 0 saturated heterocycles. The van der Waals surface area contributed by atoms with Crippen molar-refractivity contribution in [2.75, 3.05) is 20.8 Å². The summed E-state index contributed by atoms with van der Waals surface area (Å²) in [6.07, 6.45) is -4.97. The predicted octanol–water partition coefficient (Wildman–Crippen LogP) is 5.22. The minimum Gasteiger partial charge on any atom is -0.493 e. The molecule has 2 aromatic carbocycles. The molecule has 1 heterocycles. The zero-order valence-electron chi connectivity index (χ0n) is 19.2. The van der Waals surface area contributed by atoms with E-state index < -0.39 is 41.1 Å². The number of fused-ring (bicyclic) bond motifs is 1. The van der Waals surface area contributed by atoms with Gasteiger partial charge >= 0.3 is 12.1 Å². The lowest BCUT2D eigenvalue weighted by molar-refractivity contribution is -0.157. The van der Waals surface area contributed by atoms with Gasteiger partial charge in [0.2, 0.25) is 11.2 Å². The Bertz CT molecular complexity index is 1270. The molecule has 1 aromatic heterocycles. The Labute approximate surface area is 193 Å². The van der Waals surface area contributed by atoms with Crippen LogP contribution in [0.1, 0.15) is 26.5 Å². The summed E-state index contributed by atoms with van der Waals surface area (Å²) in [6, 6.07) is 7.73. The van der Waals surface area contributed by atoms with E-state index in [9.17, 15) is 22.8 Å². The van der Waals surface area contributed by atoms with E-state index in [0.717, 1.165) is 6.07 Å². The van der Waals surface area contributed by atoms with Crippen LogP contribution in [-0.4, -0.2) is 32.4 Å². The third-order valence-corrected chi connectivity index (χ3v) is 4.57. The van der Waals surface area contributed by atoms with Gasteiger partial charge in [0.1, 0.15) is 16.9 Å². The van der Waals surface area contributed by atoms with Crippen LogP contribution in [0.4, 0.5) is 13.2 Å². The standard InChI is InChI=1S/C24H23F3O7/c1-23(2,3)34-19(28)12-32-14-7-8-15-17(11-14)33-22(24(25,26)27)20(21(15)29)13-6-9-16(30-4)18(10-13)31-5/h6-11H,12H2,1-5H3. The Morgan fingerprint density at radius 1 is 0.971 bits per heavy atom. The topological polar surface area (TPSA) is 84.2 Å². The second kappa shape index (κ2) is 9.28. The number of hydrogen-bond acceptors (Lipinski definition) is 7. The van der Waals surface area contributed by atoms with E-state index in [0.29, 0.717) is 0 Å². The average molecular weight is 480 g/mol. The first-order chi connectivity index (χ1) is 15.8. The molecular formula is C24H23F3O7. The van der Waals surface area contributed by atoms with Crippen molar-refractivity contribution in [1.29, 1.82) is 0 Å². The van der Waals surface area contributed by atoms with E-state index in [1.807, 2.05) is 0 Å². The highest BCUT2D eigenvalue weighted by Gasteiger charge is 2.39. The monoisotopic (exact) mass is 480 g/mol. The first-order valence-electron chi connectivity index (χ1n) is 10.1. The third kappa shape index (κ3) is 5.44. The predicted molar refractivity (Wildman–Crippen MR) is 117 cm³/mol. The number of benzene rings is 2. The molecule has 0 N–H and O–H groups in total. The maximum atomic E-state index is 13.9. The van der Waals surface area contributed by atoms with Crippen molar-refractivity contribution >= 4 is 16.9 Å². The number of rotatable bonds is 6. The SMILES string of the molecule is COc1ccc(-c2c(C(F)(F)F)oc3cc(OCC(=O)OC(C)(C)C)ccc3c2=O)cc1OC. The number of carbonyl (C=O) groups excluding carboxylic acids is 1. The molecule has 182 valence electrons. The highest BCUT2D eigenvalue weighted by molar-refractivity contribution is 5.84. The number of halogens is 3. The van der Waals surface area contributed by atoms with Crippen LogP contribution in [0.2, 0.25) is 0 Å². The Hall–Kier alpha value is -3.69. The van der Waals surface area contributed by atoms with Crippen molar-refractivity contribution in [3.8, 4) is 28.4 Å². The van der Waals surface area contributed by atoms with E-state index in [4.69, 9.17) is 23.4 Å². The maximum Gasteiger partial charge on any atom is 0.450 e. The molecule has 10 heteroatoms. The Morgan fingerprint density at radius 3 is 2.24 bits per heavy atom. The summed E-state index contributed by atoms with van der Waals surface area (Å²) >= 11 is 0. The summed E-state index contributed by atoms with van der Waals surface area (Å²) in [4.78, 5) is 25.0. The number of methoxy groups -OCH3 is 2. The Morgan fingerprint density at radius 2 is 1.65 bits per heavy atom. The highest BCUT2D eigenvalue weighted by Crippen LogP contribution is 2.40. The molecule has 0 amide bonds. The molecule has 34 heavy (non-hydrogen) atoms. The summed E-state index contributed by atoms with van der Waals surface area (Å²) in [5, 5.41) is -0.0950. The van der Waals surface area contributed by atoms with Crippen molar-refractivity contribution < 1.29 is 41.3 Å². The molecule has 0 fully saturated rings. The van der Waals surface area contributed by atoms with E-state index in [-0.39, 0.29) is 33.8 Å². The third-order valence-electron chi connectivity index (χ3n) is 4.57. The van der Waals surface area contributed by atoms with E-state index in [1.165, 1.54) is 44.6 Å². The number of esters is 1. The van der Waals surface area contributed by atoms with Gasteiger partial charge in [-0.2, -0.15) is 13.2 Å².